The van der Waals surface area contributed by atoms with E-state index in [1.807, 2.05) is 6.92 Å². The Morgan fingerprint density at radius 1 is 1.10 bits per heavy atom. The monoisotopic (exact) mass is 293 g/mol. The van der Waals surface area contributed by atoms with Gasteiger partial charge in [-0.1, -0.05) is 23.8 Å². The average Bonchev–Trinajstić information content (AvgIpc) is 2.41. The van der Waals surface area contributed by atoms with Gasteiger partial charge in [0.15, 0.2) is 0 Å². The van der Waals surface area contributed by atoms with E-state index in [1.54, 1.807) is 12.1 Å². The van der Waals surface area contributed by atoms with Crippen LogP contribution in [-0.2, 0) is 10.1 Å². The first kappa shape index (κ1) is 14.0. The summed E-state index contributed by atoms with van der Waals surface area (Å²) < 4.78 is 29.0. The van der Waals surface area contributed by atoms with Gasteiger partial charge in [-0.05, 0) is 25.1 Å². The van der Waals surface area contributed by atoms with Crippen LogP contribution in [0.4, 0.5) is 5.69 Å². The fraction of sp³-hybridized carbons (Fsp3) is 0.0769. The third-order valence-corrected chi connectivity index (χ3v) is 3.79. The van der Waals surface area contributed by atoms with Crippen LogP contribution in [0.15, 0.2) is 53.4 Å². The molecule has 2 aromatic carbocycles. The van der Waals surface area contributed by atoms with Crippen LogP contribution in [0.2, 0.25) is 0 Å². The maximum absolute atomic E-state index is 12.0. The van der Waals surface area contributed by atoms with Crippen molar-refractivity contribution in [1.82, 2.24) is 0 Å². The van der Waals surface area contributed by atoms with E-state index in [0.29, 0.717) is 0 Å². The van der Waals surface area contributed by atoms with Crippen molar-refractivity contribution in [3.8, 4) is 5.75 Å². The molecule has 0 aliphatic carbocycles. The number of nitro benzene ring substituents is 1. The van der Waals surface area contributed by atoms with Crippen LogP contribution in [0.3, 0.4) is 0 Å². The lowest BCUT2D eigenvalue weighted by atomic mass is 10.2. The Bertz CT molecular complexity index is 738. The normalized spacial score (nSPS) is 11.1. The number of hydrogen-bond acceptors (Lipinski definition) is 5. The summed E-state index contributed by atoms with van der Waals surface area (Å²) in [5.41, 5.74) is 0.656. The summed E-state index contributed by atoms with van der Waals surface area (Å²) in [7, 11) is -4.09. The molecule has 0 N–H and O–H groups in total. The summed E-state index contributed by atoms with van der Waals surface area (Å²) in [6.45, 7) is 1.86. The molecule has 0 fully saturated rings. The summed E-state index contributed by atoms with van der Waals surface area (Å²) >= 11 is 0. The first-order chi connectivity index (χ1) is 9.38. The van der Waals surface area contributed by atoms with E-state index in [0.717, 1.165) is 11.6 Å². The van der Waals surface area contributed by atoms with Gasteiger partial charge in [-0.25, -0.2) is 0 Å². The van der Waals surface area contributed by atoms with E-state index in [4.69, 9.17) is 4.18 Å². The molecule has 7 heteroatoms. The molecule has 0 aliphatic rings. The molecular formula is C13H11NO5S. The van der Waals surface area contributed by atoms with Crippen molar-refractivity contribution in [3.63, 3.8) is 0 Å². The third-order valence-electron chi connectivity index (χ3n) is 2.54. The molecule has 0 amide bonds. The molecule has 20 heavy (non-hydrogen) atoms. The highest BCUT2D eigenvalue weighted by Crippen LogP contribution is 2.22. The first-order valence-electron chi connectivity index (χ1n) is 5.64. The highest BCUT2D eigenvalue weighted by atomic mass is 32.2. The predicted molar refractivity (Wildman–Crippen MR) is 72.1 cm³/mol. The Morgan fingerprint density at radius 2 is 1.75 bits per heavy atom. The topological polar surface area (TPSA) is 86.5 Å². The molecule has 0 bridgehead atoms. The summed E-state index contributed by atoms with van der Waals surface area (Å²) in [5.74, 6) is 0.155. The summed E-state index contributed by atoms with van der Waals surface area (Å²) in [6.07, 6.45) is 0. The molecule has 0 atom stereocenters. The number of nitro groups is 1. The Kier molecular flexibility index (Phi) is 3.71. The zero-order valence-corrected chi connectivity index (χ0v) is 11.3. The van der Waals surface area contributed by atoms with Gasteiger partial charge in [0.2, 0.25) is 0 Å². The van der Waals surface area contributed by atoms with Gasteiger partial charge in [-0.2, -0.15) is 8.42 Å². The lowest BCUT2D eigenvalue weighted by Gasteiger charge is -2.07. The van der Waals surface area contributed by atoms with Crippen LogP contribution in [0.5, 0.6) is 5.75 Å². The molecule has 0 heterocycles. The van der Waals surface area contributed by atoms with Crippen molar-refractivity contribution in [2.24, 2.45) is 0 Å². The number of hydrogen-bond donors (Lipinski definition) is 0. The van der Waals surface area contributed by atoms with Crippen LogP contribution in [0.25, 0.3) is 0 Å². The number of rotatable bonds is 4. The maximum atomic E-state index is 12.0. The van der Waals surface area contributed by atoms with Crippen molar-refractivity contribution < 1.29 is 17.5 Å². The molecular weight excluding hydrogens is 282 g/mol. The quantitative estimate of drug-likeness (QED) is 0.491. The zero-order valence-electron chi connectivity index (χ0n) is 10.5. The van der Waals surface area contributed by atoms with Crippen LogP contribution in [-0.4, -0.2) is 13.3 Å². The minimum Gasteiger partial charge on any atom is -0.379 e. The molecule has 0 spiro atoms. The lowest BCUT2D eigenvalue weighted by Crippen LogP contribution is -2.10. The Balaban J connectivity index is 2.33. The van der Waals surface area contributed by atoms with E-state index < -0.39 is 15.0 Å². The van der Waals surface area contributed by atoms with E-state index in [-0.39, 0.29) is 16.3 Å². The smallest absolute Gasteiger partial charge is 0.339 e. The SMILES string of the molecule is Cc1ccc(OS(=O)(=O)c2cccc([N+](=O)[O-])c2)cc1. The number of aryl methyl sites for hydroxylation is 1. The molecule has 0 aliphatic heterocycles. The molecule has 2 aromatic rings. The Morgan fingerprint density at radius 3 is 2.35 bits per heavy atom. The van der Waals surface area contributed by atoms with Gasteiger partial charge < -0.3 is 4.18 Å². The van der Waals surface area contributed by atoms with Crippen molar-refractivity contribution >= 4 is 15.8 Å². The van der Waals surface area contributed by atoms with Crippen molar-refractivity contribution in [2.45, 2.75) is 11.8 Å². The first-order valence-corrected chi connectivity index (χ1v) is 7.05. The van der Waals surface area contributed by atoms with Gasteiger partial charge in [0.05, 0.1) is 4.92 Å². The number of non-ortho nitro benzene ring substituents is 1. The highest BCUT2D eigenvalue weighted by Gasteiger charge is 2.19. The minimum absolute atomic E-state index is 0.155. The van der Waals surface area contributed by atoms with Crippen LogP contribution in [0.1, 0.15) is 5.56 Å². The highest BCUT2D eigenvalue weighted by molar-refractivity contribution is 7.87. The molecule has 0 radical (unpaired) electrons. The fourth-order valence-corrected chi connectivity index (χ4v) is 2.49. The lowest BCUT2D eigenvalue weighted by molar-refractivity contribution is -0.385. The standard InChI is InChI=1S/C13H11NO5S/c1-10-5-7-12(8-6-10)19-20(17,18)13-4-2-3-11(9-13)14(15)16/h2-9H,1H3. The zero-order chi connectivity index (χ0) is 14.8. The summed E-state index contributed by atoms with van der Waals surface area (Å²) in [6, 6.07) is 11.2. The molecule has 0 aromatic heterocycles. The number of benzene rings is 2. The van der Waals surface area contributed by atoms with E-state index in [9.17, 15) is 18.5 Å². The minimum atomic E-state index is -4.09. The van der Waals surface area contributed by atoms with Gasteiger partial charge in [0.25, 0.3) is 5.69 Å². The molecule has 0 saturated heterocycles. The third kappa shape index (κ3) is 3.12. The van der Waals surface area contributed by atoms with Gasteiger partial charge in [-0.3, -0.25) is 10.1 Å². The van der Waals surface area contributed by atoms with Crippen LogP contribution < -0.4 is 4.18 Å². The second kappa shape index (κ2) is 5.30. The second-order valence-corrected chi connectivity index (χ2v) is 5.65. The number of nitrogens with zero attached hydrogens (tertiary/aromatic N) is 1. The van der Waals surface area contributed by atoms with Crippen LogP contribution >= 0.6 is 0 Å². The summed E-state index contributed by atoms with van der Waals surface area (Å²) in [5, 5.41) is 10.6. The molecule has 0 unspecified atom stereocenters. The predicted octanol–water partition coefficient (Wildman–Crippen LogP) is 2.67. The molecule has 0 saturated carbocycles. The van der Waals surface area contributed by atoms with E-state index >= 15 is 0 Å². The molecule has 6 nitrogen and oxygen atoms in total. The summed E-state index contributed by atoms with van der Waals surface area (Å²) in [4.78, 5) is 9.73. The van der Waals surface area contributed by atoms with Crippen LogP contribution in [0, 0.1) is 17.0 Å². The Hall–Kier alpha value is -2.41. The largest absolute Gasteiger partial charge is 0.379 e. The van der Waals surface area contributed by atoms with Crippen molar-refractivity contribution in [1.29, 1.82) is 0 Å². The van der Waals surface area contributed by atoms with Gasteiger partial charge >= 0.3 is 10.1 Å². The van der Waals surface area contributed by atoms with E-state index in [1.165, 1.54) is 30.3 Å². The maximum Gasteiger partial charge on any atom is 0.339 e. The van der Waals surface area contributed by atoms with E-state index in [2.05, 4.69) is 0 Å². The van der Waals surface area contributed by atoms with Crippen molar-refractivity contribution in [3.05, 3.63) is 64.2 Å². The fourth-order valence-electron chi connectivity index (χ4n) is 1.52. The molecule has 104 valence electrons. The second-order valence-electron chi connectivity index (χ2n) is 4.10. The Labute approximate surface area is 115 Å². The van der Waals surface area contributed by atoms with Crippen molar-refractivity contribution in [2.75, 3.05) is 0 Å². The van der Waals surface area contributed by atoms with Gasteiger partial charge in [-0.15, -0.1) is 0 Å². The average molecular weight is 293 g/mol. The van der Waals surface area contributed by atoms with Gasteiger partial charge in [0.1, 0.15) is 10.6 Å². The molecule has 2 rings (SSSR count). The van der Waals surface area contributed by atoms with Gasteiger partial charge in [0, 0.05) is 12.1 Å².